The van der Waals surface area contributed by atoms with Crippen molar-refractivity contribution < 1.29 is 28.3 Å². The Morgan fingerprint density at radius 3 is 2.56 bits per heavy atom. The van der Waals surface area contributed by atoms with Crippen LogP contribution < -0.4 is 5.32 Å². The lowest BCUT2D eigenvalue weighted by molar-refractivity contribution is -0.116. The maximum atomic E-state index is 13.8. The lowest BCUT2D eigenvalue weighted by atomic mass is 10.1. The van der Waals surface area contributed by atoms with Gasteiger partial charge in [-0.15, -0.1) is 0 Å². The number of halogens is 1. The second-order valence-electron chi connectivity index (χ2n) is 5.79. The van der Waals surface area contributed by atoms with Crippen LogP contribution in [0, 0.1) is 5.82 Å². The highest BCUT2D eigenvalue weighted by Crippen LogP contribution is 2.25. The Balaban J connectivity index is 1.64. The van der Waals surface area contributed by atoms with E-state index in [-0.39, 0.29) is 29.7 Å². The summed E-state index contributed by atoms with van der Waals surface area (Å²) in [6.07, 6.45) is -0.171. The molecule has 0 saturated heterocycles. The molecule has 1 aliphatic rings. The molecule has 7 nitrogen and oxygen atoms in total. The van der Waals surface area contributed by atoms with Crippen molar-refractivity contribution in [3.8, 4) is 0 Å². The first-order chi connectivity index (χ1) is 12.9. The van der Waals surface area contributed by atoms with Gasteiger partial charge in [0.15, 0.2) is 0 Å². The van der Waals surface area contributed by atoms with Crippen molar-refractivity contribution in [2.45, 2.75) is 6.42 Å². The third kappa shape index (κ3) is 3.55. The number of nitrogens with one attached hydrogen (secondary N) is 1. The summed E-state index contributed by atoms with van der Waals surface area (Å²) in [4.78, 5) is 49.0. The van der Waals surface area contributed by atoms with Crippen molar-refractivity contribution in [2.24, 2.45) is 0 Å². The predicted octanol–water partition coefficient (Wildman–Crippen LogP) is 2.24. The molecule has 1 heterocycles. The molecule has 3 rings (SSSR count). The minimum atomic E-state index is -0.766. The van der Waals surface area contributed by atoms with E-state index in [1.165, 1.54) is 31.4 Å². The van der Waals surface area contributed by atoms with E-state index in [0.717, 1.165) is 11.0 Å². The van der Waals surface area contributed by atoms with Crippen LogP contribution in [0.5, 0.6) is 0 Å². The van der Waals surface area contributed by atoms with E-state index >= 15 is 0 Å². The number of rotatable bonds is 5. The number of carbonyl (C=O) groups excluding carboxylic acids is 4. The highest BCUT2D eigenvalue weighted by molar-refractivity contribution is 6.21. The molecule has 2 aromatic carbocycles. The van der Waals surface area contributed by atoms with Crippen molar-refractivity contribution >= 4 is 29.4 Å². The van der Waals surface area contributed by atoms with Gasteiger partial charge < -0.3 is 10.1 Å². The molecule has 0 spiro atoms. The quantitative estimate of drug-likeness (QED) is 0.644. The highest BCUT2D eigenvalue weighted by atomic mass is 19.1. The van der Waals surface area contributed by atoms with Gasteiger partial charge in [-0.2, -0.15) is 0 Å². The van der Waals surface area contributed by atoms with Crippen molar-refractivity contribution in [2.75, 3.05) is 19.0 Å². The number of carbonyl (C=O) groups is 4. The van der Waals surface area contributed by atoms with E-state index < -0.39 is 29.5 Å². The summed E-state index contributed by atoms with van der Waals surface area (Å²) in [6, 6.07) is 9.97. The van der Waals surface area contributed by atoms with E-state index in [1.807, 2.05) is 0 Å². The molecule has 0 bridgehead atoms. The molecule has 27 heavy (non-hydrogen) atoms. The van der Waals surface area contributed by atoms with Crippen LogP contribution in [0.2, 0.25) is 0 Å². The van der Waals surface area contributed by atoms with Crippen LogP contribution in [0.4, 0.5) is 10.1 Å². The molecule has 0 radical (unpaired) electrons. The van der Waals surface area contributed by atoms with E-state index in [4.69, 9.17) is 0 Å². The molecular weight excluding hydrogens is 355 g/mol. The average Bonchev–Trinajstić information content (AvgIpc) is 2.91. The summed E-state index contributed by atoms with van der Waals surface area (Å²) >= 11 is 0. The minimum Gasteiger partial charge on any atom is -0.465 e. The van der Waals surface area contributed by atoms with Crippen molar-refractivity contribution in [1.82, 2.24) is 4.90 Å². The van der Waals surface area contributed by atoms with Crippen LogP contribution in [-0.2, 0) is 9.53 Å². The standard InChI is InChI=1S/C19H15FN2O5/c1-27-19(26)11-4-2-5-12(10-11)21-15(23)8-9-22-17(24)13-6-3-7-14(20)16(13)18(22)25/h2-7,10H,8-9H2,1H3,(H,21,23). The van der Waals surface area contributed by atoms with Crippen LogP contribution >= 0.6 is 0 Å². The number of ether oxygens (including phenoxy) is 1. The average molecular weight is 370 g/mol. The van der Waals surface area contributed by atoms with Gasteiger partial charge in [0.05, 0.1) is 23.8 Å². The molecule has 1 N–H and O–H groups in total. The number of nitrogens with zero attached hydrogens (tertiary/aromatic N) is 1. The van der Waals surface area contributed by atoms with Gasteiger partial charge in [0.25, 0.3) is 11.8 Å². The molecule has 1 aliphatic heterocycles. The maximum absolute atomic E-state index is 13.8. The normalized spacial score (nSPS) is 12.7. The number of methoxy groups -OCH3 is 1. The van der Waals surface area contributed by atoms with Gasteiger partial charge in [0.1, 0.15) is 5.82 Å². The first kappa shape index (κ1) is 18.2. The lowest BCUT2D eigenvalue weighted by Gasteiger charge is -2.13. The number of fused-ring (bicyclic) bond motifs is 1. The Hall–Kier alpha value is -3.55. The van der Waals surface area contributed by atoms with Gasteiger partial charge in [-0.1, -0.05) is 12.1 Å². The third-order valence-electron chi connectivity index (χ3n) is 4.08. The molecule has 3 amide bonds. The van der Waals surface area contributed by atoms with E-state index in [2.05, 4.69) is 10.1 Å². The molecule has 2 aromatic rings. The zero-order chi connectivity index (χ0) is 19.6. The Morgan fingerprint density at radius 2 is 1.85 bits per heavy atom. The van der Waals surface area contributed by atoms with Gasteiger partial charge in [-0.3, -0.25) is 19.3 Å². The predicted molar refractivity (Wildman–Crippen MR) is 92.8 cm³/mol. The summed E-state index contributed by atoms with van der Waals surface area (Å²) < 4.78 is 18.4. The monoisotopic (exact) mass is 370 g/mol. The van der Waals surface area contributed by atoms with Gasteiger partial charge in [-0.05, 0) is 30.3 Å². The number of benzene rings is 2. The molecule has 0 aromatic heterocycles. The van der Waals surface area contributed by atoms with Gasteiger partial charge in [0.2, 0.25) is 5.91 Å². The van der Waals surface area contributed by atoms with Crippen LogP contribution in [0.1, 0.15) is 37.5 Å². The van der Waals surface area contributed by atoms with E-state index in [0.29, 0.717) is 5.69 Å². The minimum absolute atomic E-state index is 0.00816. The number of esters is 1. The molecule has 0 unspecified atom stereocenters. The highest BCUT2D eigenvalue weighted by Gasteiger charge is 2.37. The lowest BCUT2D eigenvalue weighted by Crippen LogP contribution is -2.33. The molecule has 8 heteroatoms. The fraction of sp³-hybridized carbons (Fsp3) is 0.158. The van der Waals surface area contributed by atoms with Gasteiger partial charge in [0, 0.05) is 18.7 Å². The topological polar surface area (TPSA) is 92.8 Å². The maximum Gasteiger partial charge on any atom is 0.337 e. The van der Waals surface area contributed by atoms with E-state index in [9.17, 15) is 23.6 Å². The molecule has 0 saturated carbocycles. The first-order valence-corrected chi connectivity index (χ1v) is 8.05. The number of amides is 3. The smallest absolute Gasteiger partial charge is 0.337 e. The molecule has 0 atom stereocenters. The van der Waals surface area contributed by atoms with Crippen molar-refractivity contribution in [3.63, 3.8) is 0 Å². The molecule has 0 aliphatic carbocycles. The summed E-state index contributed by atoms with van der Waals surface area (Å²) in [7, 11) is 1.25. The van der Waals surface area contributed by atoms with Gasteiger partial charge >= 0.3 is 5.97 Å². The second kappa shape index (κ2) is 7.36. The fourth-order valence-corrected chi connectivity index (χ4v) is 2.77. The van der Waals surface area contributed by atoms with E-state index in [1.54, 1.807) is 12.1 Å². The molecular formula is C19H15FN2O5. The molecule has 138 valence electrons. The Labute approximate surface area is 153 Å². The zero-order valence-corrected chi connectivity index (χ0v) is 14.3. The number of anilines is 1. The third-order valence-corrected chi connectivity index (χ3v) is 4.08. The van der Waals surface area contributed by atoms with Crippen LogP contribution in [0.3, 0.4) is 0 Å². The number of hydrogen-bond donors (Lipinski definition) is 1. The largest absolute Gasteiger partial charge is 0.465 e. The van der Waals surface area contributed by atoms with Crippen LogP contribution in [0.15, 0.2) is 42.5 Å². The number of hydrogen-bond acceptors (Lipinski definition) is 5. The summed E-state index contributed by atoms with van der Waals surface area (Å²) in [6.45, 7) is -0.186. The zero-order valence-electron chi connectivity index (χ0n) is 14.3. The second-order valence-corrected chi connectivity index (χ2v) is 5.79. The Kier molecular flexibility index (Phi) is 4.98. The van der Waals surface area contributed by atoms with Crippen LogP contribution in [0.25, 0.3) is 0 Å². The molecule has 0 fully saturated rings. The summed E-state index contributed by atoms with van der Waals surface area (Å²) in [5, 5.41) is 2.58. The Bertz CT molecular complexity index is 957. The summed E-state index contributed by atoms with van der Waals surface area (Å²) in [5.41, 5.74) is 0.363. The SMILES string of the molecule is COC(=O)c1cccc(NC(=O)CCN2C(=O)c3cccc(F)c3C2=O)c1. The Morgan fingerprint density at radius 1 is 1.11 bits per heavy atom. The van der Waals surface area contributed by atoms with Crippen molar-refractivity contribution in [1.29, 1.82) is 0 Å². The summed E-state index contributed by atoms with van der Waals surface area (Å²) in [5.74, 6) is -3.16. The first-order valence-electron chi connectivity index (χ1n) is 8.05. The van der Waals surface area contributed by atoms with Gasteiger partial charge in [-0.25, -0.2) is 9.18 Å². The fourth-order valence-electron chi connectivity index (χ4n) is 2.77. The van der Waals surface area contributed by atoms with Crippen LogP contribution in [-0.4, -0.2) is 42.2 Å². The van der Waals surface area contributed by atoms with Crippen molar-refractivity contribution in [3.05, 3.63) is 65.0 Å². The number of imide groups is 1.